The van der Waals surface area contributed by atoms with Gasteiger partial charge < -0.3 is 5.73 Å². The Morgan fingerprint density at radius 3 is 2.57 bits per heavy atom. The highest BCUT2D eigenvalue weighted by atomic mass is 32.2. The summed E-state index contributed by atoms with van der Waals surface area (Å²) in [6, 6.07) is 0. The van der Waals surface area contributed by atoms with Crippen LogP contribution in [0.25, 0.3) is 0 Å². The van der Waals surface area contributed by atoms with E-state index in [-0.39, 0.29) is 10.0 Å². The lowest BCUT2D eigenvalue weighted by Crippen LogP contribution is -2.15. The van der Waals surface area contributed by atoms with Gasteiger partial charge in [-0.2, -0.15) is 5.10 Å². The van der Waals surface area contributed by atoms with Crippen molar-refractivity contribution in [2.45, 2.75) is 38.6 Å². The highest BCUT2D eigenvalue weighted by Crippen LogP contribution is 2.24. The smallest absolute Gasteiger partial charge is 0.267 e. The SMILES string of the molecule is Cc1nnc(NS(=O)(=O)c2c(C)nn(CCCN)c2C)s1. The van der Waals surface area contributed by atoms with Crippen LogP contribution >= 0.6 is 11.3 Å². The van der Waals surface area contributed by atoms with Crippen LogP contribution in [0.3, 0.4) is 0 Å². The molecular weight excluding hydrogens is 312 g/mol. The number of hydrogen-bond donors (Lipinski definition) is 2. The van der Waals surface area contributed by atoms with Gasteiger partial charge in [0.1, 0.15) is 9.90 Å². The van der Waals surface area contributed by atoms with Crippen molar-refractivity contribution in [3.8, 4) is 0 Å². The highest BCUT2D eigenvalue weighted by molar-refractivity contribution is 7.93. The normalized spacial score (nSPS) is 11.8. The Labute approximate surface area is 127 Å². The van der Waals surface area contributed by atoms with Crippen LogP contribution in [-0.4, -0.2) is 34.9 Å². The molecule has 2 aromatic heterocycles. The zero-order valence-corrected chi connectivity index (χ0v) is 13.8. The van der Waals surface area contributed by atoms with Gasteiger partial charge >= 0.3 is 0 Å². The third-order valence-electron chi connectivity index (χ3n) is 2.91. The van der Waals surface area contributed by atoms with Gasteiger partial charge in [0.15, 0.2) is 0 Å². The summed E-state index contributed by atoms with van der Waals surface area (Å²) in [7, 11) is -3.72. The predicted octanol–water partition coefficient (Wildman–Crippen LogP) is 0.809. The van der Waals surface area contributed by atoms with Gasteiger partial charge in [-0.25, -0.2) is 8.42 Å². The molecule has 0 radical (unpaired) electrons. The lowest BCUT2D eigenvalue weighted by atomic mass is 10.4. The largest absolute Gasteiger partial charge is 0.330 e. The fourth-order valence-electron chi connectivity index (χ4n) is 2.03. The number of nitrogens with zero attached hydrogens (tertiary/aromatic N) is 4. The third kappa shape index (κ3) is 3.39. The average Bonchev–Trinajstić information content (AvgIpc) is 2.90. The number of rotatable bonds is 6. The molecule has 21 heavy (non-hydrogen) atoms. The fourth-order valence-corrected chi connectivity index (χ4v) is 4.27. The first-order valence-electron chi connectivity index (χ1n) is 6.42. The van der Waals surface area contributed by atoms with Crippen molar-refractivity contribution in [2.75, 3.05) is 11.3 Å². The Hall–Kier alpha value is -1.52. The maximum absolute atomic E-state index is 12.5. The standard InChI is InChI=1S/C11H18N6O2S2/c1-7-10(8(2)17(15-7)6-4-5-12)21(18,19)16-11-14-13-9(3)20-11/h4-6,12H2,1-3H3,(H,14,16). The molecule has 8 nitrogen and oxygen atoms in total. The summed E-state index contributed by atoms with van der Waals surface area (Å²) < 4.78 is 29.1. The van der Waals surface area contributed by atoms with Crippen molar-refractivity contribution in [1.82, 2.24) is 20.0 Å². The van der Waals surface area contributed by atoms with Crippen LogP contribution < -0.4 is 10.5 Å². The van der Waals surface area contributed by atoms with E-state index in [0.717, 1.165) is 6.42 Å². The van der Waals surface area contributed by atoms with Crippen molar-refractivity contribution in [1.29, 1.82) is 0 Å². The molecule has 3 N–H and O–H groups in total. The number of aromatic nitrogens is 4. The van der Waals surface area contributed by atoms with E-state index in [4.69, 9.17) is 5.73 Å². The van der Waals surface area contributed by atoms with Gasteiger partial charge in [-0.05, 0) is 33.7 Å². The lowest BCUT2D eigenvalue weighted by Gasteiger charge is -2.06. The van der Waals surface area contributed by atoms with Crippen LogP contribution in [0.4, 0.5) is 5.13 Å². The lowest BCUT2D eigenvalue weighted by molar-refractivity contribution is 0.565. The van der Waals surface area contributed by atoms with Gasteiger partial charge in [0.05, 0.1) is 11.4 Å². The van der Waals surface area contributed by atoms with Gasteiger partial charge in [-0.1, -0.05) is 11.3 Å². The number of anilines is 1. The van der Waals surface area contributed by atoms with E-state index in [0.29, 0.717) is 29.5 Å². The molecule has 0 bridgehead atoms. The highest BCUT2D eigenvalue weighted by Gasteiger charge is 2.25. The Morgan fingerprint density at radius 2 is 2.00 bits per heavy atom. The van der Waals surface area contributed by atoms with Gasteiger partial charge in [0.2, 0.25) is 5.13 Å². The van der Waals surface area contributed by atoms with Crippen LogP contribution in [-0.2, 0) is 16.6 Å². The fraction of sp³-hybridized carbons (Fsp3) is 0.545. The molecule has 0 amide bonds. The second-order valence-corrected chi connectivity index (χ2v) is 7.40. The van der Waals surface area contributed by atoms with Crippen molar-refractivity contribution in [3.63, 3.8) is 0 Å². The number of nitrogens with two attached hydrogens (primary N) is 1. The molecule has 2 heterocycles. The molecule has 0 saturated heterocycles. The van der Waals surface area contributed by atoms with E-state index in [2.05, 4.69) is 20.0 Å². The molecule has 0 saturated carbocycles. The molecule has 0 aliphatic rings. The molecule has 0 aromatic carbocycles. The van der Waals surface area contributed by atoms with Crippen molar-refractivity contribution in [2.24, 2.45) is 5.73 Å². The van der Waals surface area contributed by atoms with E-state index in [1.807, 2.05) is 0 Å². The van der Waals surface area contributed by atoms with Gasteiger partial charge in [-0.15, -0.1) is 10.2 Å². The Bertz CT molecular complexity index is 734. The van der Waals surface area contributed by atoms with E-state index in [1.54, 1.807) is 25.5 Å². The maximum atomic E-state index is 12.5. The molecule has 0 unspecified atom stereocenters. The summed E-state index contributed by atoms with van der Waals surface area (Å²) in [4.78, 5) is 0.187. The minimum atomic E-state index is -3.72. The van der Waals surface area contributed by atoms with Crippen molar-refractivity contribution >= 4 is 26.5 Å². The summed E-state index contributed by atoms with van der Waals surface area (Å²) in [5.74, 6) is 0. The first-order valence-corrected chi connectivity index (χ1v) is 8.72. The zero-order valence-electron chi connectivity index (χ0n) is 12.1. The van der Waals surface area contributed by atoms with Crippen LogP contribution in [0.15, 0.2) is 4.90 Å². The Balaban J connectivity index is 2.33. The van der Waals surface area contributed by atoms with Gasteiger partial charge in [0.25, 0.3) is 10.0 Å². The number of aryl methyl sites for hydroxylation is 3. The topological polar surface area (TPSA) is 116 Å². The molecule has 0 aliphatic carbocycles. The molecular formula is C11H18N6O2S2. The van der Waals surface area contributed by atoms with Gasteiger partial charge in [0, 0.05) is 6.54 Å². The minimum absolute atomic E-state index is 0.187. The van der Waals surface area contributed by atoms with Crippen molar-refractivity contribution in [3.05, 3.63) is 16.4 Å². The molecule has 0 atom stereocenters. The molecule has 2 aromatic rings. The summed E-state index contributed by atoms with van der Waals surface area (Å²) in [6.45, 7) is 6.29. The quantitative estimate of drug-likeness (QED) is 0.809. The van der Waals surface area contributed by atoms with Crippen LogP contribution in [0.1, 0.15) is 22.8 Å². The average molecular weight is 330 g/mol. The molecule has 0 spiro atoms. The number of hydrogen-bond acceptors (Lipinski definition) is 7. The van der Waals surface area contributed by atoms with Crippen LogP contribution in [0, 0.1) is 20.8 Å². The van der Waals surface area contributed by atoms with E-state index in [1.165, 1.54) is 11.3 Å². The second kappa shape index (κ2) is 6.08. The minimum Gasteiger partial charge on any atom is -0.330 e. The molecule has 10 heteroatoms. The number of sulfonamides is 1. The second-order valence-electron chi connectivity index (χ2n) is 4.60. The first kappa shape index (κ1) is 15.9. The monoisotopic (exact) mass is 330 g/mol. The predicted molar refractivity (Wildman–Crippen MR) is 80.8 cm³/mol. The third-order valence-corrected chi connectivity index (χ3v) is 5.38. The van der Waals surface area contributed by atoms with E-state index in [9.17, 15) is 8.42 Å². The Kier molecular flexibility index (Phi) is 4.59. The van der Waals surface area contributed by atoms with Crippen LogP contribution in [0.5, 0.6) is 0 Å². The molecule has 2 rings (SSSR count). The van der Waals surface area contributed by atoms with Gasteiger partial charge in [-0.3, -0.25) is 9.40 Å². The molecule has 0 fully saturated rings. The number of nitrogens with one attached hydrogen (secondary N) is 1. The zero-order chi connectivity index (χ0) is 15.6. The first-order chi connectivity index (χ1) is 9.85. The molecule has 116 valence electrons. The summed E-state index contributed by atoms with van der Waals surface area (Å²) in [6.07, 6.45) is 0.741. The van der Waals surface area contributed by atoms with E-state index >= 15 is 0 Å². The summed E-state index contributed by atoms with van der Waals surface area (Å²) in [5, 5.41) is 12.8. The summed E-state index contributed by atoms with van der Waals surface area (Å²) in [5.41, 5.74) is 6.53. The maximum Gasteiger partial charge on any atom is 0.267 e. The molecule has 0 aliphatic heterocycles. The van der Waals surface area contributed by atoms with Crippen molar-refractivity contribution < 1.29 is 8.42 Å². The Morgan fingerprint density at radius 1 is 1.29 bits per heavy atom. The van der Waals surface area contributed by atoms with E-state index < -0.39 is 10.0 Å². The van der Waals surface area contributed by atoms with Crippen LogP contribution in [0.2, 0.25) is 0 Å². The summed E-state index contributed by atoms with van der Waals surface area (Å²) >= 11 is 1.19.